The molecule has 1 aromatic heterocycles. The minimum Gasteiger partial charge on any atom is -0.489 e. The lowest BCUT2D eigenvalue weighted by Gasteiger charge is -2.39. The lowest BCUT2D eigenvalue weighted by molar-refractivity contribution is -0.136. The number of benzene rings is 2. The van der Waals surface area contributed by atoms with Gasteiger partial charge in [-0.15, -0.1) is 0 Å². The standard InChI is InChI=1S/C30H36F3N5O3/c1-16(19-7-6-8-20(23(19)31)27(32)33)34-28-21-15-22(30(40)11-9-18(10-12-30)29(39)37(3)4)26-25(38(5)13-14-41-26)24(21)35-17(2)36-28/h6-8,15-16,18,27,40H,9-14H2,1-5H3,(H,34,35,36)/t16-,18?,30?/m0/s1. The van der Waals surface area contributed by atoms with Gasteiger partial charge in [-0.2, -0.15) is 0 Å². The molecule has 5 rings (SSSR count). The van der Waals surface area contributed by atoms with Crippen molar-refractivity contribution in [2.45, 2.75) is 57.6 Å². The van der Waals surface area contributed by atoms with Gasteiger partial charge in [-0.25, -0.2) is 23.1 Å². The smallest absolute Gasteiger partial charge is 0.266 e. The molecule has 1 amide bonds. The summed E-state index contributed by atoms with van der Waals surface area (Å²) in [6, 6.07) is 5.09. The van der Waals surface area contributed by atoms with Crippen LogP contribution >= 0.6 is 0 Å². The summed E-state index contributed by atoms with van der Waals surface area (Å²) in [5.41, 5.74) is 0.112. The first kappa shape index (κ1) is 28.9. The molecule has 0 radical (unpaired) electrons. The zero-order chi connectivity index (χ0) is 29.6. The van der Waals surface area contributed by atoms with Crippen LogP contribution in [0.1, 0.15) is 67.6 Å². The highest BCUT2D eigenvalue weighted by molar-refractivity contribution is 6.01. The van der Waals surface area contributed by atoms with Crippen molar-refractivity contribution in [3.63, 3.8) is 0 Å². The summed E-state index contributed by atoms with van der Waals surface area (Å²) < 4.78 is 47.9. The van der Waals surface area contributed by atoms with E-state index in [2.05, 4.69) is 10.3 Å². The number of ether oxygens (including phenoxy) is 1. The van der Waals surface area contributed by atoms with Gasteiger partial charge in [-0.1, -0.05) is 18.2 Å². The van der Waals surface area contributed by atoms with Gasteiger partial charge in [0, 0.05) is 43.6 Å². The largest absolute Gasteiger partial charge is 0.489 e. The molecule has 0 saturated heterocycles. The Kier molecular flexibility index (Phi) is 7.76. The summed E-state index contributed by atoms with van der Waals surface area (Å²) >= 11 is 0. The van der Waals surface area contributed by atoms with Crippen molar-refractivity contribution in [3.05, 3.63) is 52.6 Å². The minimum absolute atomic E-state index is 0.0519. The van der Waals surface area contributed by atoms with Gasteiger partial charge >= 0.3 is 0 Å². The van der Waals surface area contributed by atoms with Gasteiger partial charge < -0.3 is 25.0 Å². The van der Waals surface area contributed by atoms with Crippen LogP contribution in [0.15, 0.2) is 24.3 Å². The van der Waals surface area contributed by atoms with E-state index in [0.29, 0.717) is 72.7 Å². The summed E-state index contributed by atoms with van der Waals surface area (Å²) in [7, 11) is 5.40. The molecule has 41 heavy (non-hydrogen) atoms. The van der Waals surface area contributed by atoms with Crippen molar-refractivity contribution >= 4 is 28.3 Å². The Morgan fingerprint density at radius 1 is 1.22 bits per heavy atom. The van der Waals surface area contributed by atoms with Crippen LogP contribution in [0.3, 0.4) is 0 Å². The molecule has 0 unspecified atom stereocenters. The maximum absolute atomic E-state index is 15.0. The maximum Gasteiger partial charge on any atom is 0.266 e. The molecule has 1 aliphatic heterocycles. The lowest BCUT2D eigenvalue weighted by Crippen LogP contribution is -2.39. The molecule has 2 aliphatic rings. The van der Waals surface area contributed by atoms with Crippen molar-refractivity contribution in [2.75, 3.05) is 44.5 Å². The normalized spacial score (nSPS) is 21.4. The Morgan fingerprint density at radius 2 is 1.90 bits per heavy atom. The number of hydrogen-bond acceptors (Lipinski definition) is 7. The number of anilines is 2. The molecule has 1 aliphatic carbocycles. The van der Waals surface area contributed by atoms with Crippen LogP contribution in [0.2, 0.25) is 0 Å². The Morgan fingerprint density at radius 3 is 2.56 bits per heavy atom. The predicted octanol–water partition coefficient (Wildman–Crippen LogP) is 5.48. The SMILES string of the molecule is Cc1nc(N[C@@H](C)c2cccc(C(F)F)c2F)c2cc(C3(O)CCC(C(=O)N(C)C)CC3)c3c(c2n1)N(C)CCO3. The summed E-state index contributed by atoms with van der Waals surface area (Å²) in [5, 5.41) is 15.8. The van der Waals surface area contributed by atoms with E-state index in [1.54, 1.807) is 32.8 Å². The Balaban J connectivity index is 1.60. The van der Waals surface area contributed by atoms with Crippen molar-refractivity contribution in [3.8, 4) is 5.75 Å². The van der Waals surface area contributed by atoms with E-state index < -0.39 is 29.4 Å². The average molecular weight is 572 g/mol. The molecule has 2 aromatic carbocycles. The molecule has 1 saturated carbocycles. The number of amides is 1. The summed E-state index contributed by atoms with van der Waals surface area (Å²) in [5.74, 6) is 0.347. The van der Waals surface area contributed by atoms with E-state index in [9.17, 15) is 18.7 Å². The molecule has 1 fully saturated rings. The van der Waals surface area contributed by atoms with Crippen molar-refractivity contribution in [1.29, 1.82) is 0 Å². The third-order valence-electron chi connectivity index (χ3n) is 8.30. The first-order chi connectivity index (χ1) is 19.4. The lowest BCUT2D eigenvalue weighted by atomic mass is 9.74. The molecule has 11 heteroatoms. The van der Waals surface area contributed by atoms with Crippen LogP contribution in [0.4, 0.5) is 24.7 Å². The molecule has 220 valence electrons. The van der Waals surface area contributed by atoms with Crippen LogP contribution < -0.4 is 15.0 Å². The third-order valence-corrected chi connectivity index (χ3v) is 8.30. The van der Waals surface area contributed by atoms with Gasteiger partial charge in [0.1, 0.15) is 35.3 Å². The topological polar surface area (TPSA) is 90.8 Å². The number of carbonyl (C=O) groups is 1. The molecule has 1 atom stereocenters. The Hall–Kier alpha value is -3.60. The van der Waals surface area contributed by atoms with Crippen LogP contribution in [-0.2, 0) is 10.4 Å². The fourth-order valence-electron chi connectivity index (χ4n) is 6.03. The zero-order valence-corrected chi connectivity index (χ0v) is 24.0. The third kappa shape index (κ3) is 5.27. The van der Waals surface area contributed by atoms with E-state index in [0.717, 1.165) is 11.8 Å². The minimum atomic E-state index is -2.93. The number of likely N-dealkylation sites (N-methyl/N-ethyl adjacent to an activating group) is 1. The van der Waals surface area contributed by atoms with E-state index in [-0.39, 0.29) is 17.4 Å². The highest BCUT2D eigenvalue weighted by Crippen LogP contribution is 2.50. The number of aryl methyl sites for hydroxylation is 1. The number of halogens is 3. The second kappa shape index (κ2) is 11.0. The Bertz CT molecular complexity index is 1470. The first-order valence-corrected chi connectivity index (χ1v) is 13.9. The number of nitrogens with zero attached hydrogens (tertiary/aromatic N) is 4. The number of aromatic nitrogens is 2. The zero-order valence-electron chi connectivity index (χ0n) is 24.0. The fraction of sp³-hybridized carbons (Fsp3) is 0.500. The van der Waals surface area contributed by atoms with Crippen LogP contribution in [0, 0.1) is 18.7 Å². The highest BCUT2D eigenvalue weighted by Gasteiger charge is 2.41. The quantitative estimate of drug-likeness (QED) is 0.405. The molecule has 3 aromatic rings. The van der Waals surface area contributed by atoms with Crippen LogP contribution in [-0.4, -0.2) is 60.2 Å². The van der Waals surface area contributed by atoms with Gasteiger partial charge in [0.25, 0.3) is 6.43 Å². The van der Waals surface area contributed by atoms with Gasteiger partial charge in [-0.3, -0.25) is 4.79 Å². The number of nitrogens with one attached hydrogen (secondary N) is 1. The summed E-state index contributed by atoms with van der Waals surface area (Å²) in [6.07, 6.45) is -1.12. The number of carbonyl (C=O) groups excluding carboxylic acids is 1. The van der Waals surface area contributed by atoms with E-state index in [1.807, 2.05) is 18.0 Å². The number of hydrogen-bond donors (Lipinski definition) is 2. The molecule has 0 bridgehead atoms. The van der Waals surface area contributed by atoms with Crippen LogP contribution in [0.25, 0.3) is 10.9 Å². The molecular weight excluding hydrogens is 535 g/mol. The van der Waals surface area contributed by atoms with Gasteiger partial charge in [0.15, 0.2) is 5.75 Å². The molecule has 2 heterocycles. The van der Waals surface area contributed by atoms with E-state index in [4.69, 9.17) is 9.72 Å². The number of fused-ring (bicyclic) bond motifs is 3. The fourth-order valence-corrected chi connectivity index (χ4v) is 6.03. The van der Waals surface area contributed by atoms with E-state index in [1.165, 1.54) is 12.1 Å². The highest BCUT2D eigenvalue weighted by atomic mass is 19.3. The second-order valence-corrected chi connectivity index (χ2v) is 11.3. The van der Waals surface area contributed by atoms with Gasteiger partial charge in [0.05, 0.1) is 23.8 Å². The second-order valence-electron chi connectivity index (χ2n) is 11.3. The Labute approximate surface area is 237 Å². The average Bonchev–Trinajstić information content (AvgIpc) is 2.92. The van der Waals surface area contributed by atoms with Crippen molar-refractivity contribution in [2.24, 2.45) is 5.92 Å². The predicted molar refractivity (Wildman–Crippen MR) is 151 cm³/mol. The maximum atomic E-state index is 15.0. The summed E-state index contributed by atoms with van der Waals surface area (Å²) in [4.78, 5) is 25.5. The van der Waals surface area contributed by atoms with Gasteiger partial charge in [-0.05, 0) is 45.6 Å². The van der Waals surface area contributed by atoms with Crippen molar-refractivity contribution < 1.29 is 27.8 Å². The van der Waals surface area contributed by atoms with Crippen LogP contribution in [0.5, 0.6) is 5.75 Å². The van der Waals surface area contributed by atoms with Gasteiger partial charge in [0.2, 0.25) is 5.91 Å². The number of alkyl halides is 2. The van der Waals surface area contributed by atoms with E-state index >= 15 is 4.39 Å². The monoisotopic (exact) mass is 571 g/mol. The first-order valence-electron chi connectivity index (χ1n) is 13.9. The summed E-state index contributed by atoms with van der Waals surface area (Å²) in [6.45, 7) is 4.47. The number of aliphatic hydroxyl groups is 1. The molecule has 2 N–H and O–H groups in total. The number of rotatable bonds is 6. The molecular formula is C30H36F3N5O3. The molecule has 8 nitrogen and oxygen atoms in total. The molecule has 0 spiro atoms. The van der Waals surface area contributed by atoms with Crippen molar-refractivity contribution in [1.82, 2.24) is 14.9 Å².